The van der Waals surface area contributed by atoms with Crippen LogP contribution in [0.15, 0.2) is 12.7 Å². The topological polar surface area (TPSA) is 55.4 Å². The molecule has 0 aromatic carbocycles. The molecule has 0 aliphatic heterocycles. The number of esters is 1. The molecule has 1 atom stereocenters. The molecular formula is C10H17NO3. The normalized spacial score (nSPS) is 12.9. The summed E-state index contributed by atoms with van der Waals surface area (Å²) in [5, 5.41) is 2.70. The monoisotopic (exact) mass is 199 g/mol. The lowest BCUT2D eigenvalue weighted by Crippen LogP contribution is -2.46. The maximum absolute atomic E-state index is 11.4. The summed E-state index contributed by atoms with van der Waals surface area (Å²) >= 11 is 0. The SMILES string of the molecule is C=CC(=O)OC(C)C(=O)NC(C)(C)C. The number of carbonyl (C=O) groups is 2. The van der Waals surface area contributed by atoms with Crippen LogP contribution in [-0.2, 0) is 14.3 Å². The molecule has 0 rings (SSSR count). The van der Waals surface area contributed by atoms with Crippen molar-refractivity contribution in [2.45, 2.75) is 39.3 Å². The number of amides is 1. The van der Waals surface area contributed by atoms with Gasteiger partial charge < -0.3 is 10.1 Å². The maximum atomic E-state index is 11.4. The van der Waals surface area contributed by atoms with E-state index in [0.717, 1.165) is 6.08 Å². The van der Waals surface area contributed by atoms with Crippen LogP contribution in [0.4, 0.5) is 0 Å². The van der Waals surface area contributed by atoms with Gasteiger partial charge in [-0.15, -0.1) is 0 Å². The second-order valence-corrected chi connectivity index (χ2v) is 4.02. The van der Waals surface area contributed by atoms with E-state index in [2.05, 4.69) is 11.9 Å². The van der Waals surface area contributed by atoms with Gasteiger partial charge in [0.1, 0.15) is 0 Å². The number of carbonyl (C=O) groups excluding carboxylic acids is 2. The largest absolute Gasteiger partial charge is 0.449 e. The molecule has 80 valence electrons. The van der Waals surface area contributed by atoms with Crippen molar-refractivity contribution in [1.82, 2.24) is 5.32 Å². The Morgan fingerprint density at radius 2 is 1.93 bits per heavy atom. The summed E-state index contributed by atoms with van der Waals surface area (Å²) in [6.45, 7) is 10.3. The van der Waals surface area contributed by atoms with E-state index in [1.807, 2.05) is 20.8 Å². The molecule has 0 aliphatic carbocycles. The molecule has 0 aromatic heterocycles. The van der Waals surface area contributed by atoms with E-state index in [4.69, 9.17) is 4.74 Å². The van der Waals surface area contributed by atoms with Crippen molar-refractivity contribution in [3.8, 4) is 0 Å². The van der Waals surface area contributed by atoms with Crippen LogP contribution < -0.4 is 5.32 Å². The molecule has 1 N–H and O–H groups in total. The highest BCUT2D eigenvalue weighted by Gasteiger charge is 2.21. The quantitative estimate of drug-likeness (QED) is 0.545. The van der Waals surface area contributed by atoms with Crippen LogP contribution in [0.1, 0.15) is 27.7 Å². The summed E-state index contributed by atoms with van der Waals surface area (Å²) in [5.74, 6) is -0.908. The molecular weight excluding hydrogens is 182 g/mol. The van der Waals surface area contributed by atoms with Gasteiger partial charge in [-0.3, -0.25) is 4.79 Å². The van der Waals surface area contributed by atoms with Gasteiger partial charge in [0.25, 0.3) is 5.91 Å². The number of ether oxygens (including phenoxy) is 1. The lowest BCUT2D eigenvalue weighted by atomic mass is 10.1. The Bertz CT molecular complexity index is 240. The standard InChI is InChI=1S/C10H17NO3/c1-6-8(12)14-7(2)9(13)11-10(3,4)5/h6-7H,1H2,2-5H3,(H,11,13). The highest BCUT2D eigenvalue weighted by atomic mass is 16.5. The van der Waals surface area contributed by atoms with E-state index in [-0.39, 0.29) is 11.4 Å². The molecule has 0 spiro atoms. The molecule has 0 fully saturated rings. The Balaban J connectivity index is 4.13. The minimum Gasteiger partial charge on any atom is -0.449 e. The van der Waals surface area contributed by atoms with Crippen LogP contribution in [0, 0.1) is 0 Å². The van der Waals surface area contributed by atoms with Crippen molar-refractivity contribution < 1.29 is 14.3 Å². The van der Waals surface area contributed by atoms with E-state index in [9.17, 15) is 9.59 Å². The third-order valence-corrected chi connectivity index (χ3v) is 1.33. The fourth-order valence-corrected chi connectivity index (χ4v) is 0.747. The average Bonchev–Trinajstić information content (AvgIpc) is 2.00. The van der Waals surface area contributed by atoms with Crippen molar-refractivity contribution >= 4 is 11.9 Å². The Morgan fingerprint density at radius 1 is 1.43 bits per heavy atom. The summed E-state index contributed by atoms with van der Waals surface area (Å²) in [7, 11) is 0. The van der Waals surface area contributed by atoms with Crippen molar-refractivity contribution in [2.24, 2.45) is 0 Å². The predicted octanol–water partition coefficient (Wildman–Crippen LogP) is 1.02. The van der Waals surface area contributed by atoms with Crippen LogP contribution in [0.2, 0.25) is 0 Å². The van der Waals surface area contributed by atoms with E-state index in [1.54, 1.807) is 0 Å². The van der Waals surface area contributed by atoms with Crippen LogP contribution >= 0.6 is 0 Å². The second-order valence-electron chi connectivity index (χ2n) is 4.02. The van der Waals surface area contributed by atoms with E-state index < -0.39 is 12.1 Å². The van der Waals surface area contributed by atoms with Crippen molar-refractivity contribution in [3.63, 3.8) is 0 Å². The molecule has 0 saturated carbocycles. The first kappa shape index (κ1) is 12.7. The van der Waals surface area contributed by atoms with Gasteiger partial charge in [-0.2, -0.15) is 0 Å². The Morgan fingerprint density at radius 3 is 2.29 bits per heavy atom. The molecule has 0 saturated heterocycles. The molecule has 0 radical (unpaired) electrons. The zero-order valence-corrected chi connectivity index (χ0v) is 9.09. The van der Waals surface area contributed by atoms with E-state index in [0.29, 0.717) is 0 Å². The highest BCUT2D eigenvalue weighted by molar-refractivity contribution is 5.87. The van der Waals surface area contributed by atoms with E-state index in [1.165, 1.54) is 6.92 Å². The Labute approximate surface area is 84.3 Å². The smallest absolute Gasteiger partial charge is 0.330 e. The van der Waals surface area contributed by atoms with Gasteiger partial charge in [0.05, 0.1) is 0 Å². The Hall–Kier alpha value is -1.32. The molecule has 4 nitrogen and oxygen atoms in total. The van der Waals surface area contributed by atoms with Crippen molar-refractivity contribution in [3.05, 3.63) is 12.7 Å². The molecule has 0 aliphatic rings. The van der Waals surface area contributed by atoms with Gasteiger partial charge in [0.2, 0.25) is 0 Å². The summed E-state index contributed by atoms with van der Waals surface area (Å²) in [6.07, 6.45) is 0.237. The van der Waals surface area contributed by atoms with Gasteiger partial charge in [-0.25, -0.2) is 4.79 Å². The van der Waals surface area contributed by atoms with Crippen LogP contribution in [0.25, 0.3) is 0 Å². The number of rotatable bonds is 3. The number of nitrogens with one attached hydrogen (secondary N) is 1. The van der Waals surface area contributed by atoms with Gasteiger partial charge in [0.15, 0.2) is 6.10 Å². The molecule has 1 amide bonds. The minimum atomic E-state index is -0.792. The zero-order valence-electron chi connectivity index (χ0n) is 9.09. The first-order valence-electron chi connectivity index (χ1n) is 4.41. The van der Waals surface area contributed by atoms with Crippen LogP contribution in [-0.4, -0.2) is 23.5 Å². The van der Waals surface area contributed by atoms with Crippen molar-refractivity contribution in [2.75, 3.05) is 0 Å². The molecule has 14 heavy (non-hydrogen) atoms. The molecule has 1 unspecified atom stereocenters. The highest BCUT2D eigenvalue weighted by Crippen LogP contribution is 2.01. The average molecular weight is 199 g/mol. The predicted molar refractivity (Wildman–Crippen MR) is 53.6 cm³/mol. The lowest BCUT2D eigenvalue weighted by molar-refractivity contribution is -0.150. The van der Waals surface area contributed by atoms with Gasteiger partial charge >= 0.3 is 5.97 Å². The zero-order chi connectivity index (χ0) is 11.4. The maximum Gasteiger partial charge on any atom is 0.330 e. The minimum absolute atomic E-state index is 0.312. The third kappa shape index (κ3) is 5.35. The number of hydrogen-bond acceptors (Lipinski definition) is 3. The summed E-state index contributed by atoms with van der Waals surface area (Å²) in [4.78, 5) is 22.2. The molecule has 0 bridgehead atoms. The fourth-order valence-electron chi connectivity index (χ4n) is 0.747. The number of hydrogen-bond donors (Lipinski definition) is 1. The molecule has 4 heteroatoms. The van der Waals surface area contributed by atoms with Crippen molar-refractivity contribution in [1.29, 1.82) is 0 Å². The Kier molecular flexibility index (Phi) is 4.34. The van der Waals surface area contributed by atoms with Gasteiger partial charge in [0, 0.05) is 11.6 Å². The van der Waals surface area contributed by atoms with E-state index >= 15 is 0 Å². The van der Waals surface area contributed by atoms with Gasteiger partial charge in [-0.1, -0.05) is 6.58 Å². The summed E-state index contributed by atoms with van der Waals surface area (Å²) in [5.41, 5.74) is -0.327. The van der Waals surface area contributed by atoms with Crippen LogP contribution in [0.3, 0.4) is 0 Å². The fraction of sp³-hybridized carbons (Fsp3) is 0.600. The van der Waals surface area contributed by atoms with Crippen LogP contribution in [0.5, 0.6) is 0 Å². The second kappa shape index (κ2) is 4.79. The summed E-state index contributed by atoms with van der Waals surface area (Å²) < 4.78 is 4.74. The van der Waals surface area contributed by atoms with Gasteiger partial charge in [-0.05, 0) is 27.7 Å². The third-order valence-electron chi connectivity index (χ3n) is 1.33. The molecule has 0 heterocycles. The first-order chi connectivity index (χ1) is 6.26. The first-order valence-corrected chi connectivity index (χ1v) is 4.41. The summed E-state index contributed by atoms with van der Waals surface area (Å²) in [6, 6.07) is 0. The lowest BCUT2D eigenvalue weighted by Gasteiger charge is -2.22. The molecule has 0 aromatic rings.